The molecule has 0 bridgehead atoms. The van der Waals surface area contributed by atoms with Gasteiger partial charge in [-0.3, -0.25) is 9.10 Å². The predicted octanol–water partition coefficient (Wildman–Crippen LogP) is 5.95. The van der Waals surface area contributed by atoms with E-state index in [9.17, 15) is 22.4 Å². The van der Waals surface area contributed by atoms with E-state index in [1.54, 1.807) is 30.3 Å². The molecule has 10 nitrogen and oxygen atoms in total. The fraction of sp³-hybridized carbons (Fsp3) is 0.353. The topological polar surface area (TPSA) is 124 Å². The van der Waals surface area contributed by atoms with Gasteiger partial charge in [-0.2, -0.15) is 0 Å². The first kappa shape index (κ1) is 34.4. The van der Waals surface area contributed by atoms with Crippen LogP contribution < -0.4 is 9.62 Å². The van der Waals surface area contributed by atoms with Crippen molar-refractivity contribution in [3.05, 3.63) is 88.7 Å². The third-order valence-corrected chi connectivity index (χ3v) is 9.19. The molecule has 1 aromatic heterocycles. The quantitative estimate of drug-likeness (QED) is 0.0866. The van der Waals surface area contributed by atoms with Crippen molar-refractivity contribution in [2.24, 2.45) is 0 Å². The SMILES string of the molecule is CNC(=O)c1c(-c2ccc(F)cc2)oc2cc(N(CCOCCOCc3ccc(C(=O)OCSC)cc3)S(C)(=O)=O)c(C3CC3)cc12. The van der Waals surface area contributed by atoms with E-state index in [2.05, 4.69) is 5.32 Å². The van der Waals surface area contributed by atoms with E-state index in [0.717, 1.165) is 30.2 Å². The van der Waals surface area contributed by atoms with Crippen LogP contribution in [0.25, 0.3) is 22.3 Å². The van der Waals surface area contributed by atoms with Gasteiger partial charge in [-0.25, -0.2) is 17.6 Å². The molecule has 0 spiro atoms. The Labute approximate surface area is 277 Å². The highest BCUT2D eigenvalue weighted by Gasteiger charge is 2.33. The van der Waals surface area contributed by atoms with E-state index in [1.807, 2.05) is 12.3 Å². The van der Waals surface area contributed by atoms with Gasteiger partial charge in [-0.15, -0.1) is 11.8 Å². The number of hydrogen-bond acceptors (Lipinski definition) is 9. The molecule has 1 fully saturated rings. The number of carbonyl (C=O) groups excluding carboxylic acids is 2. The van der Waals surface area contributed by atoms with Crippen molar-refractivity contribution >= 4 is 50.3 Å². The van der Waals surface area contributed by atoms with Gasteiger partial charge in [0.05, 0.1) is 56.0 Å². The zero-order valence-corrected chi connectivity index (χ0v) is 28.0. The molecule has 0 saturated heterocycles. The standard InChI is InChI=1S/C34H37FN2O8S2/c1-36-33(38)31-28-18-27(23-8-9-23)29(19-30(28)45-32(31)24-10-12-26(35)13-11-24)37(47(3,40)41)14-15-42-16-17-43-20-22-4-6-25(7-5-22)34(39)44-21-46-2/h4-7,10-13,18-19,23H,8-9,14-17,20-21H2,1-3H3,(H,36,38). The Morgan fingerprint density at radius 1 is 1.02 bits per heavy atom. The number of sulfonamides is 1. The van der Waals surface area contributed by atoms with E-state index in [0.29, 0.717) is 45.9 Å². The lowest BCUT2D eigenvalue weighted by Crippen LogP contribution is -2.34. The number of fused-ring (bicyclic) bond motifs is 1. The monoisotopic (exact) mass is 684 g/mol. The highest BCUT2D eigenvalue weighted by atomic mass is 32.2. The number of ether oxygens (including phenoxy) is 3. The van der Waals surface area contributed by atoms with Gasteiger partial charge in [0, 0.05) is 24.1 Å². The number of thioether (sulfide) groups is 1. The lowest BCUT2D eigenvalue weighted by Gasteiger charge is -2.25. The van der Waals surface area contributed by atoms with Crippen molar-refractivity contribution in [1.82, 2.24) is 5.32 Å². The van der Waals surface area contributed by atoms with Crippen LogP contribution in [0.5, 0.6) is 0 Å². The molecule has 1 heterocycles. The van der Waals surface area contributed by atoms with Crippen LogP contribution in [0, 0.1) is 5.82 Å². The molecule has 1 aliphatic rings. The van der Waals surface area contributed by atoms with Crippen LogP contribution in [0.1, 0.15) is 50.6 Å². The molecule has 1 N–H and O–H groups in total. The highest BCUT2D eigenvalue weighted by molar-refractivity contribution is 7.98. The van der Waals surface area contributed by atoms with Crippen molar-refractivity contribution in [1.29, 1.82) is 0 Å². The molecule has 1 aliphatic carbocycles. The number of anilines is 1. The van der Waals surface area contributed by atoms with E-state index in [-0.39, 0.29) is 49.9 Å². The summed E-state index contributed by atoms with van der Waals surface area (Å²) >= 11 is 1.42. The largest absolute Gasteiger partial charge is 0.455 e. The molecular formula is C34H37FN2O8S2. The normalized spacial score (nSPS) is 13.1. The summed E-state index contributed by atoms with van der Waals surface area (Å²) < 4.78 is 63.8. The Hall–Kier alpha value is -3.91. The maximum absolute atomic E-state index is 13.7. The van der Waals surface area contributed by atoms with Crippen molar-refractivity contribution < 1.29 is 41.0 Å². The Kier molecular flexibility index (Phi) is 11.2. The number of nitrogens with zero attached hydrogens (tertiary/aromatic N) is 1. The number of esters is 1. The van der Waals surface area contributed by atoms with Crippen LogP contribution in [0.15, 0.2) is 65.1 Å². The van der Waals surface area contributed by atoms with Gasteiger partial charge < -0.3 is 23.9 Å². The number of furan rings is 1. The van der Waals surface area contributed by atoms with Crippen LogP contribution >= 0.6 is 11.8 Å². The molecule has 47 heavy (non-hydrogen) atoms. The zero-order chi connectivity index (χ0) is 33.6. The van der Waals surface area contributed by atoms with Gasteiger partial charge in [0.15, 0.2) is 0 Å². The van der Waals surface area contributed by atoms with Gasteiger partial charge in [0.1, 0.15) is 23.1 Å². The van der Waals surface area contributed by atoms with Crippen molar-refractivity contribution in [3.8, 4) is 11.3 Å². The van der Waals surface area contributed by atoms with Crippen LogP contribution in [0.2, 0.25) is 0 Å². The molecular weight excluding hydrogens is 648 g/mol. The Bertz CT molecular complexity index is 1820. The molecule has 13 heteroatoms. The molecule has 0 atom stereocenters. The summed E-state index contributed by atoms with van der Waals surface area (Å²) in [5.41, 5.74) is 3.82. The molecule has 1 saturated carbocycles. The molecule has 250 valence electrons. The molecule has 5 rings (SSSR count). The Morgan fingerprint density at radius 3 is 2.36 bits per heavy atom. The highest BCUT2D eigenvalue weighted by Crippen LogP contribution is 2.48. The van der Waals surface area contributed by atoms with E-state index >= 15 is 0 Å². The summed E-state index contributed by atoms with van der Waals surface area (Å²) in [4.78, 5) is 25.0. The maximum atomic E-state index is 13.7. The summed E-state index contributed by atoms with van der Waals surface area (Å²) in [6.07, 6.45) is 4.79. The number of nitrogens with one attached hydrogen (secondary N) is 1. The smallest absolute Gasteiger partial charge is 0.338 e. The number of rotatable bonds is 16. The first-order chi connectivity index (χ1) is 22.6. The number of amides is 1. The average Bonchev–Trinajstić information content (AvgIpc) is 3.84. The fourth-order valence-electron chi connectivity index (χ4n) is 5.20. The second-order valence-electron chi connectivity index (χ2n) is 11.1. The predicted molar refractivity (Wildman–Crippen MR) is 180 cm³/mol. The van der Waals surface area contributed by atoms with E-state index in [1.165, 1.54) is 47.4 Å². The number of halogens is 1. The van der Waals surface area contributed by atoms with Crippen molar-refractivity contribution in [3.63, 3.8) is 0 Å². The first-order valence-electron chi connectivity index (χ1n) is 15.1. The van der Waals surface area contributed by atoms with Crippen molar-refractivity contribution in [2.75, 3.05) is 56.2 Å². The summed E-state index contributed by atoms with van der Waals surface area (Å²) in [6, 6.07) is 16.1. The summed E-state index contributed by atoms with van der Waals surface area (Å²) in [6.45, 7) is 1.04. The van der Waals surface area contributed by atoms with Gasteiger partial charge in [0.25, 0.3) is 5.91 Å². The maximum Gasteiger partial charge on any atom is 0.338 e. The number of hydrogen-bond donors (Lipinski definition) is 1. The fourth-order valence-corrected chi connectivity index (χ4v) is 6.34. The van der Waals surface area contributed by atoms with Crippen LogP contribution in [-0.2, 0) is 30.8 Å². The molecule has 3 aromatic carbocycles. The second kappa shape index (κ2) is 15.3. The summed E-state index contributed by atoms with van der Waals surface area (Å²) in [5, 5.41) is 3.21. The number of carbonyl (C=O) groups is 2. The summed E-state index contributed by atoms with van der Waals surface area (Å²) in [7, 11) is -2.20. The van der Waals surface area contributed by atoms with Gasteiger partial charge in [-0.1, -0.05) is 12.1 Å². The molecule has 1 amide bonds. The van der Waals surface area contributed by atoms with Crippen molar-refractivity contribution in [2.45, 2.75) is 25.4 Å². The van der Waals surface area contributed by atoms with E-state index in [4.69, 9.17) is 18.6 Å². The van der Waals surface area contributed by atoms with Gasteiger partial charge in [0.2, 0.25) is 10.0 Å². The van der Waals surface area contributed by atoms with Crippen LogP contribution in [0.3, 0.4) is 0 Å². The van der Waals surface area contributed by atoms with Crippen LogP contribution in [-0.4, -0.2) is 72.2 Å². The lowest BCUT2D eigenvalue weighted by atomic mass is 10.0. The Morgan fingerprint density at radius 2 is 1.72 bits per heavy atom. The molecule has 0 unspecified atom stereocenters. The lowest BCUT2D eigenvalue weighted by molar-refractivity contribution is 0.0435. The third kappa shape index (κ3) is 8.52. The van der Waals surface area contributed by atoms with Gasteiger partial charge >= 0.3 is 5.97 Å². The first-order valence-corrected chi connectivity index (χ1v) is 18.3. The van der Waals surface area contributed by atoms with Crippen LogP contribution in [0.4, 0.5) is 10.1 Å². The minimum Gasteiger partial charge on any atom is -0.455 e. The van der Waals surface area contributed by atoms with Gasteiger partial charge in [-0.05, 0) is 78.6 Å². The minimum absolute atomic E-state index is 0.0615. The summed E-state index contributed by atoms with van der Waals surface area (Å²) in [5.74, 6) is -0.441. The average molecular weight is 685 g/mol. The zero-order valence-electron chi connectivity index (χ0n) is 26.4. The Balaban J connectivity index is 1.26. The minimum atomic E-state index is -3.72. The third-order valence-electron chi connectivity index (χ3n) is 7.66. The number of benzene rings is 3. The van der Waals surface area contributed by atoms with E-state index < -0.39 is 15.8 Å². The second-order valence-corrected chi connectivity index (χ2v) is 13.8. The molecule has 4 aromatic rings. The molecule has 0 radical (unpaired) electrons. The molecule has 0 aliphatic heterocycles.